The fourth-order valence-corrected chi connectivity index (χ4v) is 3.30. The van der Waals surface area contributed by atoms with Crippen LogP contribution in [0.4, 0.5) is 5.69 Å². The van der Waals surface area contributed by atoms with Crippen LogP contribution in [0.25, 0.3) is 0 Å². The number of aliphatic hydroxyl groups is 1. The summed E-state index contributed by atoms with van der Waals surface area (Å²) in [6.07, 6.45) is 0. The second kappa shape index (κ2) is 5.64. The molecular weight excluding hydrogens is 274 g/mol. The standard InChI is InChI=1S/C15H17NO3S/c1-11-7-8-12(2)14(9-11)16-20(18,19)15-6-4-3-5-13(15)10-17/h3-9,16-17H,10H2,1-2H3. The Morgan fingerprint density at radius 3 is 2.50 bits per heavy atom. The molecule has 0 fully saturated rings. The second-order valence-corrected chi connectivity index (χ2v) is 6.34. The van der Waals surface area contributed by atoms with E-state index in [0.717, 1.165) is 11.1 Å². The topological polar surface area (TPSA) is 66.4 Å². The Labute approximate surface area is 119 Å². The molecule has 5 heteroatoms. The lowest BCUT2D eigenvalue weighted by Crippen LogP contribution is -2.15. The van der Waals surface area contributed by atoms with Crippen LogP contribution in [0.3, 0.4) is 0 Å². The predicted molar refractivity (Wildman–Crippen MR) is 79.1 cm³/mol. The molecule has 0 atom stereocenters. The average Bonchev–Trinajstić information content (AvgIpc) is 2.42. The van der Waals surface area contributed by atoms with E-state index in [0.29, 0.717) is 11.3 Å². The molecule has 0 amide bonds. The first-order valence-electron chi connectivity index (χ1n) is 6.23. The van der Waals surface area contributed by atoms with E-state index in [1.165, 1.54) is 6.07 Å². The van der Waals surface area contributed by atoms with Crippen molar-refractivity contribution in [3.05, 3.63) is 59.2 Å². The molecule has 0 aliphatic heterocycles. The third-order valence-electron chi connectivity index (χ3n) is 3.07. The Balaban J connectivity index is 2.43. The monoisotopic (exact) mass is 291 g/mol. The van der Waals surface area contributed by atoms with Crippen LogP contribution in [0, 0.1) is 13.8 Å². The van der Waals surface area contributed by atoms with Crippen LogP contribution in [0.2, 0.25) is 0 Å². The summed E-state index contributed by atoms with van der Waals surface area (Å²) in [5, 5.41) is 9.25. The highest BCUT2D eigenvalue weighted by atomic mass is 32.2. The highest BCUT2D eigenvalue weighted by Crippen LogP contribution is 2.23. The molecule has 4 nitrogen and oxygen atoms in total. The Bertz CT molecular complexity index is 724. The van der Waals surface area contributed by atoms with Crippen molar-refractivity contribution >= 4 is 15.7 Å². The minimum absolute atomic E-state index is 0.100. The molecule has 0 heterocycles. The molecule has 2 aromatic carbocycles. The maximum atomic E-state index is 12.4. The number of hydrogen-bond acceptors (Lipinski definition) is 3. The van der Waals surface area contributed by atoms with Crippen molar-refractivity contribution in [2.45, 2.75) is 25.3 Å². The van der Waals surface area contributed by atoms with Gasteiger partial charge < -0.3 is 5.11 Å². The van der Waals surface area contributed by atoms with Crippen molar-refractivity contribution in [3.63, 3.8) is 0 Å². The number of benzene rings is 2. The van der Waals surface area contributed by atoms with Crippen LogP contribution in [0.5, 0.6) is 0 Å². The van der Waals surface area contributed by atoms with E-state index in [2.05, 4.69) is 4.72 Å². The maximum absolute atomic E-state index is 12.4. The van der Waals surface area contributed by atoms with Crippen LogP contribution in [0.1, 0.15) is 16.7 Å². The van der Waals surface area contributed by atoms with E-state index in [9.17, 15) is 13.5 Å². The van der Waals surface area contributed by atoms with Crippen LogP contribution in [-0.4, -0.2) is 13.5 Å². The van der Waals surface area contributed by atoms with Gasteiger partial charge in [0.15, 0.2) is 0 Å². The third kappa shape index (κ3) is 3.00. The van der Waals surface area contributed by atoms with Crippen LogP contribution in [-0.2, 0) is 16.6 Å². The molecule has 0 aromatic heterocycles. The molecule has 2 aromatic rings. The zero-order chi connectivity index (χ0) is 14.8. The lowest BCUT2D eigenvalue weighted by atomic mass is 10.1. The summed E-state index contributed by atoms with van der Waals surface area (Å²) in [5.41, 5.74) is 2.76. The molecule has 0 unspecified atom stereocenters. The van der Waals surface area contributed by atoms with Gasteiger partial charge in [-0.3, -0.25) is 4.72 Å². The molecule has 0 radical (unpaired) electrons. The van der Waals surface area contributed by atoms with Gasteiger partial charge in [-0.25, -0.2) is 8.42 Å². The highest BCUT2D eigenvalue weighted by molar-refractivity contribution is 7.92. The molecule has 0 bridgehead atoms. The van der Waals surface area contributed by atoms with E-state index in [-0.39, 0.29) is 11.5 Å². The zero-order valence-corrected chi connectivity index (χ0v) is 12.2. The van der Waals surface area contributed by atoms with Crippen molar-refractivity contribution in [3.8, 4) is 0 Å². The fraction of sp³-hybridized carbons (Fsp3) is 0.200. The summed E-state index contributed by atoms with van der Waals surface area (Å²) < 4.78 is 27.4. The predicted octanol–water partition coefficient (Wildman–Crippen LogP) is 2.60. The molecular formula is C15H17NO3S. The number of rotatable bonds is 4. The Hall–Kier alpha value is -1.85. The number of aliphatic hydroxyl groups excluding tert-OH is 1. The van der Waals surface area contributed by atoms with Crippen molar-refractivity contribution in [2.24, 2.45) is 0 Å². The summed E-state index contributed by atoms with van der Waals surface area (Å²) in [6.45, 7) is 3.43. The van der Waals surface area contributed by atoms with Crippen LogP contribution >= 0.6 is 0 Å². The van der Waals surface area contributed by atoms with Crippen molar-refractivity contribution < 1.29 is 13.5 Å². The van der Waals surface area contributed by atoms with E-state index >= 15 is 0 Å². The summed E-state index contributed by atoms with van der Waals surface area (Å²) in [5.74, 6) is 0. The molecule has 0 aliphatic carbocycles. The van der Waals surface area contributed by atoms with Gasteiger partial charge in [0.05, 0.1) is 17.2 Å². The van der Waals surface area contributed by atoms with Gasteiger partial charge >= 0.3 is 0 Å². The van der Waals surface area contributed by atoms with Gasteiger partial charge in [-0.15, -0.1) is 0 Å². The first-order valence-corrected chi connectivity index (χ1v) is 7.71. The van der Waals surface area contributed by atoms with E-state index < -0.39 is 10.0 Å². The van der Waals surface area contributed by atoms with Gasteiger partial charge in [0, 0.05) is 0 Å². The summed E-state index contributed by atoms with van der Waals surface area (Å²) in [4.78, 5) is 0.100. The Kier molecular flexibility index (Phi) is 4.11. The first-order chi connectivity index (χ1) is 9.44. The first kappa shape index (κ1) is 14.6. The summed E-state index contributed by atoms with van der Waals surface area (Å²) >= 11 is 0. The molecule has 2 N–H and O–H groups in total. The van der Waals surface area contributed by atoms with E-state index in [1.807, 2.05) is 26.0 Å². The summed E-state index contributed by atoms with van der Waals surface area (Å²) in [6, 6.07) is 12.0. The Morgan fingerprint density at radius 2 is 1.80 bits per heavy atom. The number of anilines is 1. The molecule has 0 saturated carbocycles. The van der Waals surface area contributed by atoms with Gasteiger partial charge in [-0.05, 0) is 42.7 Å². The van der Waals surface area contributed by atoms with Crippen LogP contribution in [0.15, 0.2) is 47.4 Å². The number of aryl methyl sites for hydroxylation is 2. The SMILES string of the molecule is Cc1ccc(C)c(NS(=O)(=O)c2ccccc2CO)c1. The molecule has 0 saturated heterocycles. The molecule has 106 valence electrons. The Morgan fingerprint density at radius 1 is 1.10 bits per heavy atom. The van der Waals surface area contributed by atoms with Gasteiger partial charge in [-0.1, -0.05) is 30.3 Å². The van der Waals surface area contributed by atoms with E-state index in [1.54, 1.807) is 24.3 Å². The van der Waals surface area contributed by atoms with Gasteiger partial charge in [0.25, 0.3) is 10.0 Å². The molecule has 0 aliphatic rings. The maximum Gasteiger partial charge on any atom is 0.262 e. The smallest absolute Gasteiger partial charge is 0.262 e. The molecule has 0 spiro atoms. The van der Waals surface area contributed by atoms with Crippen molar-refractivity contribution in [2.75, 3.05) is 4.72 Å². The average molecular weight is 291 g/mol. The second-order valence-electron chi connectivity index (χ2n) is 4.69. The highest BCUT2D eigenvalue weighted by Gasteiger charge is 2.18. The lowest BCUT2D eigenvalue weighted by Gasteiger charge is -2.13. The quantitative estimate of drug-likeness (QED) is 0.910. The summed E-state index contributed by atoms with van der Waals surface area (Å²) in [7, 11) is -3.71. The van der Waals surface area contributed by atoms with E-state index in [4.69, 9.17) is 0 Å². The van der Waals surface area contributed by atoms with Crippen LogP contribution < -0.4 is 4.72 Å². The largest absolute Gasteiger partial charge is 0.392 e. The van der Waals surface area contributed by atoms with Gasteiger partial charge in [0.1, 0.15) is 0 Å². The molecule has 2 rings (SSSR count). The normalized spacial score (nSPS) is 11.3. The van der Waals surface area contributed by atoms with Gasteiger partial charge in [0.2, 0.25) is 0 Å². The number of sulfonamides is 1. The lowest BCUT2D eigenvalue weighted by molar-refractivity contribution is 0.278. The molecule has 20 heavy (non-hydrogen) atoms. The third-order valence-corrected chi connectivity index (χ3v) is 4.54. The van der Waals surface area contributed by atoms with Crippen molar-refractivity contribution in [1.29, 1.82) is 0 Å². The minimum Gasteiger partial charge on any atom is -0.392 e. The number of nitrogens with one attached hydrogen (secondary N) is 1. The van der Waals surface area contributed by atoms with Crippen molar-refractivity contribution in [1.82, 2.24) is 0 Å². The fourth-order valence-electron chi connectivity index (χ4n) is 1.94. The zero-order valence-electron chi connectivity index (χ0n) is 11.4. The minimum atomic E-state index is -3.71. The number of hydrogen-bond donors (Lipinski definition) is 2. The van der Waals surface area contributed by atoms with Gasteiger partial charge in [-0.2, -0.15) is 0 Å².